The molecular formula is C17H30N6O. The van der Waals surface area contributed by atoms with E-state index in [4.69, 9.17) is 0 Å². The fourth-order valence-corrected chi connectivity index (χ4v) is 3.66. The summed E-state index contributed by atoms with van der Waals surface area (Å²) in [5, 5.41) is 18.0. The topological polar surface area (TPSA) is 83.9 Å². The van der Waals surface area contributed by atoms with Crippen LogP contribution in [-0.4, -0.2) is 53.1 Å². The molecule has 0 aromatic carbocycles. The summed E-state index contributed by atoms with van der Waals surface area (Å²) in [5.41, 5.74) is 0.419. The SMILES string of the molecule is O=C(NCCNC1CCCCCC1)c1cn(C2CCNCC2)nn1. The fourth-order valence-electron chi connectivity index (χ4n) is 3.66. The van der Waals surface area contributed by atoms with Crippen molar-refractivity contribution in [2.75, 3.05) is 26.2 Å². The van der Waals surface area contributed by atoms with Gasteiger partial charge < -0.3 is 16.0 Å². The molecule has 7 heteroatoms. The lowest BCUT2D eigenvalue weighted by Gasteiger charge is -2.22. The molecule has 7 nitrogen and oxygen atoms in total. The van der Waals surface area contributed by atoms with E-state index in [0.29, 0.717) is 24.3 Å². The number of rotatable bonds is 6. The molecule has 1 aliphatic heterocycles. The molecule has 2 fully saturated rings. The van der Waals surface area contributed by atoms with Gasteiger partial charge in [0.15, 0.2) is 5.69 Å². The summed E-state index contributed by atoms with van der Waals surface area (Å²) >= 11 is 0. The predicted octanol–water partition coefficient (Wildman–Crippen LogP) is 1.24. The maximum absolute atomic E-state index is 12.2. The third-order valence-corrected chi connectivity index (χ3v) is 5.12. The van der Waals surface area contributed by atoms with Crippen molar-refractivity contribution in [2.24, 2.45) is 0 Å². The Balaban J connectivity index is 1.38. The van der Waals surface area contributed by atoms with E-state index in [1.807, 2.05) is 4.68 Å². The molecule has 1 aromatic heterocycles. The maximum Gasteiger partial charge on any atom is 0.273 e. The van der Waals surface area contributed by atoms with Crippen LogP contribution < -0.4 is 16.0 Å². The Kier molecular flexibility index (Phi) is 6.60. The second kappa shape index (κ2) is 9.13. The Hall–Kier alpha value is -1.47. The molecule has 1 saturated heterocycles. The summed E-state index contributed by atoms with van der Waals surface area (Å²) in [5.74, 6) is -0.127. The number of carbonyl (C=O) groups excluding carboxylic acids is 1. The maximum atomic E-state index is 12.2. The Morgan fingerprint density at radius 2 is 1.88 bits per heavy atom. The van der Waals surface area contributed by atoms with Crippen LogP contribution in [0.3, 0.4) is 0 Å². The van der Waals surface area contributed by atoms with Crippen molar-refractivity contribution in [3.8, 4) is 0 Å². The second-order valence-corrected chi connectivity index (χ2v) is 6.96. The minimum atomic E-state index is -0.127. The van der Waals surface area contributed by atoms with Crippen LogP contribution in [0.5, 0.6) is 0 Å². The van der Waals surface area contributed by atoms with Crippen molar-refractivity contribution in [1.29, 1.82) is 0 Å². The van der Waals surface area contributed by atoms with Crippen molar-refractivity contribution in [3.05, 3.63) is 11.9 Å². The van der Waals surface area contributed by atoms with Gasteiger partial charge in [-0.2, -0.15) is 0 Å². The van der Waals surface area contributed by atoms with Gasteiger partial charge in [-0.1, -0.05) is 30.9 Å². The highest BCUT2D eigenvalue weighted by molar-refractivity contribution is 5.91. The smallest absolute Gasteiger partial charge is 0.273 e. The molecule has 1 aromatic rings. The molecule has 134 valence electrons. The minimum Gasteiger partial charge on any atom is -0.349 e. The van der Waals surface area contributed by atoms with E-state index in [-0.39, 0.29) is 5.91 Å². The third kappa shape index (κ3) is 5.01. The van der Waals surface area contributed by atoms with Crippen LogP contribution in [0.25, 0.3) is 0 Å². The van der Waals surface area contributed by atoms with Crippen LogP contribution in [-0.2, 0) is 0 Å². The Morgan fingerprint density at radius 1 is 1.12 bits per heavy atom. The average molecular weight is 334 g/mol. The first-order valence-corrected chi connectivity index (χ1v) is 9.47. The highest BCUT2D eigenvalue weighted by Gasteiger charge is 2.18. The first-order chi connectivity index (χ1) is 11.8. The number of nitrogens with one attached hydrogen (secondary N) is 3. The molecule has 1 amide bonds. The van der Waals surface area contributed by atoms with E-state index < -0.39 is 0 Å². The van der Waals surface area contributed by atoms with Gasteiger partial charge in [0.2, 0.25) is 0 Å². The summed E-state index contributed by atoms with van der Waals surface area (Å²) in [4.78, 5) is 12.2. The first kappa shape index (κ1) is 17.4. The number of carbonyl (C=O) groups is 1. The first-order valence-electron chi connectivity index (χ1n) is 9.47. The van der Waals surface area contributed by atoms with E-state index in [1.54, 1.807) is 6.20 Å². The summed E-state index contributed by atoms with van der Waals surface area (Å²) < 4.78 is 1.85. The predicted molar refractivity (Wildman–Crippen MR) is 93.0 cm³/mol. The van der Waals surface area contributed by atoms with Crippen molar-refractivity contribution in [2.45, 2.75) is 63.5 Å². The number of hydrogen-bond acceptors (Lipinski definition) is 5. The molecule has 0 spiro atoms. The quantitative estimate of drug-likeness (QED) is 0.538. The van der Waals surface area contributed by atoms with Crippen LogP contribution in [0.15, 0.2) is 6.20 Å². The zero-order valence-electron chi connectivity index (χ0n) is 14.5. The lowest BCUT2D eigenvalue weighted by atomic mass is 10.1. The summed E-state index contributed by atoms with van der Waals surface area (Å²) in [6.07, 6.45) is 11.8. The van der Waals surface area contributed by atoms with E-state index >= 15 is 0 Å². The number of nitrogens with zero attached hydrogens (tertiary/aromatic N) is 3. The molecule has 1 aliphatic carbocycles. The Morgan fingerprint density at radius 3 is 2.62 bits per heavy atom. The molecular weight excluding hydrogens is 304 g/mol. The van der Waals surface area contributed by atoms with Gasteiger partial charge in [0, 0.05) is 19.1 Å². The van der Waals surface area contributed by atoms with Crippen LogP contribution in [0, 0.1) is 0 Å². The normalized spacial score (nSPS) is 20.7. The zero-order chi connectivity index (χ0) is 16.6. The molecule has 0 atom stereocenters. The molecule has 3 N–H and O–H groups in total. The summed E-state index contributed by atoms with van der Waals surface area (Å²) in [6.45, 7) is 3.45. The number of aromatic nitrogens is 3. The molecule has 24 heavy (non-hydrogen) atoms. The number of amides is 1. The molecule has 2 aliphatic rings. The number of hydrogen-bond donors (Lipinski definition) is 3. The van der Waals surface area contributed by atoms with E-state index in [9.17, 15) is 4.79 Å². The highest BCUT2D eigenvalue weighted by atomic mass is 16.2. The van der Waals surface area contributed by atoms with Crippen molar-refractivity contribution in [3.63, 3.8) is 0 Å². The third-order valence-electron chi connectivity index (χ3n) is 5.12. The lowest BCUT2D eigenvalue weighted by Crippen LogP contribution is -2.37. The minimum absolute atomic E-state index is 0.127. The monoisotopic (exact) mass is 334 g/mol. The Labute approximate surface area is 144 Å². The van der Waals surface area contributed by atoms with Crippen LogP contribution in [0.1, 0.15) is 67.9 Å². The Bertz CT molecular complexity index is 503. The van der Waals surface area contributed by atoms with Gasteiger partial charge in [0.1, 0.15) is 0 Å². The molecule has 0 unspecified atom stereocenters. The van der Waals surface area contributed by atoms with Gasteiger partial charge >= 0.3 is 0 Å². The van der Waals surface area contributed by atoms with Crippen LogP contribution >= 0.6 is 0 Å². The fraction of sp³-hybridized carbons (Fsp3) is 0.824. The van der Waals surface area contributed by atoms with Gasteiger partial charge in [-0.05, 0) is 38.8 Å². The highest BCUT2D eigenvalue weighted by Crippen LogP contribution is 2.17. The van der Waals surface area contributed by atoms with E-state index in [1.165, 1.54) is 38.5 Å². The molecule has 0 radical (unpaired) electrons. The van der Waals surface area contributed by atoms with Crippen LogP contribution in [0.2, 0.25) is 0 Å². The van der Waals surface area contributed by atoms with Gasteiger partial charge in [0.25, 0.3) is 5.91 Å². The van der Waals surface area contributed by atoms with Gasteiger partial charge in [-0.15, -0.1) is 5.10 Å². The summed E-state index contributed by atoms with van der Waals surface area (Å²) in [6, 6.07) is 0.974. The van der Waals surface area contributed by atoms with E-state index in [0.717, 1.165) is 32.5 Å². The standard InChI is InChI=1S/C17H30N6O/c24-17(20-12-11-19-14-5-3-1-2-4-6-14)16-13-23(22-21-16)15-7-9-18-10-8-15/h13-15,18-19H,1-12H2,(H,20,24). The molecule has 1 saturated carbocycles. The van der Waals surface area contributed by atoms with Crippen LogP contribution in [0.4, 0.5) is 0 Å². The average Bonchev–Trinajstić information content (AvgIpc) is 2.97. The van der Waals surface area contributed by atoms with Gasteiger partial charge in [-0.25, -0.2) is 4.68 Å². The van der Waals surface area contributed by atoms with Gasteiger partial charge in [-0.3, -0.25) is 4.79 Å². The van der Waals surface area contributed by atoms with Gasteiger partial charge in [0.05, 0.1) is 12.2 Å². The second-order valence-electron chi connectivity index (χ2n) is 6.96. The zero-order valence-corrected chi connectivity index (χ0v) is 14.5. The molecule has 0 bridgehead atoms. The molecule has 3 rings (SSSR count). The summed E-state index contributed by atoms with van der Waals surface area (Å²) in [7, 11) is 0. The number of piperidine rings is 1. The van der Waals surface area contributed by atoms with Crippen molar-refractivity contribution >= 4 is 5.91 Å². The largest absolute Gasteiger partial charge is 0.349 e. The molecule has 2 heterocycles. The lowest BCUT2D eigenvalue weighted by molar-refractivity contribution is 0.0948. The van der Waals surface area contributed by atoms with E-state index in [2.05, 4.69) is 26.3 Å². The van der Waals surface area contributed by atoms with Crippen molar-refractivity contribution in [1.82, 2.24) is 30.9 Å². The van der Waals surface area contributed by atoms with Crippen molar-refractivity contribution < 1.29 is 4.79 Å².